The highest BCUT2D eigenvalue weighted by Crippen LogP contribution is 2.37. The number of benzene rings is 5. The molecule has 0 amide bonds. The first-order valence-corrected chi connectivity index (χ1v) is 13.2. The van der Waals surface area contributed by atoms with E-state index in [-0.39, 0.29) is 0 Å². The van der Waals surface area contributed by atoms with Crippen LogP contribution in [0.25, 0.3) is 61.4 Å². The number of nitrogens with zero attached hydrogens (tertiary/aromatic N) is 5. The highest BCUT2D eigenvalue weighted by Gasteiger charge is 2.19. The zero-order chi connectivity index (χ0) is 27.8. The van der Waals surface area contributed by atoms with Gasteiger partial charge in [0.25, 0.3) is 0 Å². The first kappa shape index (κ1) is 24.0. The number of rotatable bonds is 4. The van der Waals surface area contributed by atoms with Gasteiger partial charge < -0.3 is 0 Å². The summed E-state index contributed by atoms with van der Waals surface area (Å²) >= 11 is 0. The molecule has 5 nitrogen and oxygen atoms in total. The van der Waals surface area contributed by atoms with E-state index < -0.39 is 0 Å². The minimum absolute atomic E-state index is 0.471. The van der Waals surface area contributed by atoms with Gasteiger partial charge in [0.2, 0.25) is 5.95 Å². The summed E-state index contributed by atoms with van der Waals surface area (Å²) in [5.74, 6) is 0.569. The molecule has 190 valence electrons. The van der Waals surface area contributed by atoms with Gasteiger partial charge in [-0.15, -0.1) is 0 Å². The number of hydrogen-bond donors (Lipinski definition) is 0. The number of hydrogen-bond acceptors (Lipinski definition) is 4. The molecular weight excluding hydrogens is 502 g/mol. The zero-order valence-corrected chi connectivity index (χ0v) is 21.9. The summed E-state index contributed by atoms with van der Waals surface area (Å²) < 4.78 is 2.09. The Balaban J connectivity index is 1.52. The fourth-order valence-corrected chi connectivity index (χ4v) is 5.44. The predicted octanol–water partition coefficient (Wildman–Crippen LogP) is 8.32. The van der Waals surface area contributed by atoms with Crippen LogP contribution in [0.2, 0.25) is 0 Å². The van der Waals surface area contributed by atoms with E-state index in [1.54, 1.807) is 18.2 Å². The summed E-state index contributed by atoms with van der Waals surface area (Å²) in [6.45, 7) is 0. The number of fused-ring (bicyclic) bond motifs is 3. The Labute approximate surface area is 236 Å². The Morgan fingerprint density at radius 3 is 1.66 bits per heavy atom. The van der Waals surface area contributed by atoms with Gasteiger partial charge in [0.05, 0.1) is 45.7 Å². The van der Waals surface area contributed by atoms with Gasteiger partial charge in [-0.2, -0.15) is 10.5 Å². The van der Waals surface area contributed by atoms with Gasteiger partial charge in [-0.3, -0.25) is 4.57 Å². The van der Waals surface area contributed by atoms with E-state index in [1.165, 1.54) is 0 Å². The topological polar surface area (TPSA) is 78.3 Å². The minimum atomic E-state index is 0.471. The van der Waals surface area contributed by atoms with Crippen LogP contribution in [0.5, 0.6) is 0 Å². The molecule has 2 aromatic heterocycles. The summed E-state index contributed by atoms with van der Waals surface area (Å²) in [4.78, 5) is 10.1. The van der Waals surface area contributed by atoms with E-state index >= 15 is 0 Å². The van der Waals surface area contributed by atoms with Crippen LogP contribution in [0.3, 0.4) is 0 Å². The Hall–Kier alpha value is -6.04. The fourth-order valence-electron chi connectivity index (χ4n) is 5.44. The van der Waals surface area contributed by atoms with Crippen molar-refractivity contribution in [2.75, 3.05) is 0 Å². The third kappa shape index (κ3) is 4.10. The third-order valence-corrected chi connectivity index (χ3v) is 7.32. The van der Waals surface area contributed by atoms with E-state index in [0.29, 0.717) is 22.6 Å². The van der Waals surface area contributed by atoms with Crippen LogP contribution in [0.4, 0.5) is 0 Å². The molecule has 0 N–H and O–H groups in total. The first-order valence-electron chi connectivity index (χ1n) is 13.2. The lowest BCUT2D eigenvalue weighted by atomic mass is 9.94. The van der Waals surface area contributed by atoms with Gasteiger partial charge in [-0.1, -0.05) is 91.0 Å². The molecule has 0 bridgehead atoms. The van der Waals surface area contributed by atoms with Gasteiger partial charge in [0, 0.05) is 27.5 Å². The van der Waals surface area contributed by atoms with Crippen LogP contribution in [0.1, 0.15) is 11.1 Å². The van der Waals surface area contributed by atoms with E-state index in [2.05, 4.69) is 59.2 Å². The Morgan fingerprint density at radius 1 is 0.488 bits per heavy atom. The molecule has 0 aliphatic rings. The zero-order valence-electron chi connectivity index (χ0n) is 21.9. The van der Waals surface area contributed by atoms with Crippen molar-refractivity contribution in [1.82, 2.24) is 14.5 Å². The average molecular weight is 524 g/mol. The molecule has 0 aliphatic carbocycles. The highest BCUT2D eigenvalue weighted by molar-refractivity contribution is 6.10. The molecule has 5 aromatic carbocycles. The van der Waals surface area contributed by atoms with Crippen LogP contribution in [-0.2, 0) is 0 Å². The summed E-state index contributed by atoms with van der Waals surface area (Å²) in [7, 11) is 0. The molecule has 5 heteroatoms. The fraction of sp³-hybridized carbons (Fsp3) is 0. The molecular formula is C36H21N5. The van der Waals surface area contributed by atoms with Crippen molar-refractivity contribution in [3.63, 3.8) is 0 Å². The largest absolute Gasteiger partial charge is 0.278 e. The van der Waals surface area contributed by atoms with Crippen molar-refractivity contribution in [2.45, 2.75) is 0 Å². The molecule has 2 heterocycles. The first-order chi connectivity index (χ1) is 20.2. The molecule has 0 aliphatic heterocycles. The minimum Gasteiger partial charge on any atom is -0.278 e. The maximum atomic E-state index is 9.80. The number of aromatic nitrogens is 3. The summed E-state index contributed by atoms with van der Waals surface area (Å²) in [6.07, 6.45) is 0. The van der Waals surface area contributed by atoms with E-state index in [0.717, 1.165) is 49.9 Å². The smallest absolute Gasteiger partial charge is 0.235 e. The van der Waals surface area contributed by atoms with Crippen LogP contribution in [-0.4, -0.2) is 14.5 Å². The van der Waals surface area contributed by atoms with Crippen LogP contribution >= 0.6 is 0 Å². The monoisotopic (exact) mass is 523 g/mol. The molecule has 0 saturated carbocycles. The third-order valence-electron chi connectivity index (χ3n) is 7.32. The van der Waals surface area contributed by atoms with Crippen molar-refractivity contribution in [1.29, 1.82) is 10.5 Å². The number of nitriles is 2. The Kier molecular flexibility index (Phi) is 5.82. The summed E-state index contributed by atoms with van der Waals surface area (Å²) in [5, 5.41) is 21.6. The van der Waals surface area contributed by atoms with Gasteiger partial charge >= 0.3 is 0 Å². The van der Waals surface area contributed by atoms with Gasteiger partial charge in [-0.25, -0.2) is 9.97 Å². The maximum absolute atomic E-state index is 9.80. The normalized spacial score (nSPS) is 10.9. The van der Waals surface area contributed by atoms with Gasteiger partial charge in [-0.05, 0) is 42.0 Å². The molecule has 0 fully saturated rings. The van der Waals surface area contributed by atoms with Crippen LogP contribution in [0, 0.1) is 22.7 Å². The number of para-hydroxylation sites is 1. The SMILES string of the molecule is N#Cc1cccc(C#N)c1-c1ccc2c(c1)c1ccccc1n2-c1nc(-c2ccccc2)cc(-c2ccccc2)n1. The molecule has 0 unspecified atom stereocenters. The molecule has 41 heavy (non-hydrogen) atoms. The Morgan fingerprint density at radius 2 is 1.05 bits per heavy atom. The summed E-state index contributed by atoms with van der Waals surface area (Å²) in [6, 6.07) is 46.3. The second-order valence-corrected chi connectivity index (χ2v) is 9.71. The lowest BCUT2D eigenvalue weighted by Gasteiger charge is -2.12. The van der Waals surface area contributed by atoms with Crippen molar-refractivity contribution in [3.8, 4) is 51.7 Å². The lowest BCUT2D eigenvalue weighted by Crippen LogP contribution is -2.04. The van der Waals surface area contributed by atoms with Crippen molar-refractivity contribution in [2.24, 2.45) is 0 Å². The lowest BCUT2D eigenvalue weighted by molar-refractivity contribution is 0.995. The van der Waals surface area contributed by atoms with Crippen LogP contribution in [0.15, 0.2) is 127 Å². The second-order valence-electron chi connectivity index (χ2n) is 9.71. The summed E-state index contributed by atoms with van der Waals surface area (Å²) in [5.41, 5.74) is 7.99. The molecule has 0 saturated heterocycles. The van der Waals surface area contributed by atoms with E-state index in [1.807, 2.05) is 66.7 Å². The van der Waals surface area contributed by atoms with Crippen molar-refractivity contribution < 1.29 is 0 Å². The highest BCUT2D eigenvalue weighted by atomic mass is 15.2. The molecule has 0 radical (unpaired) electrons. The van der Waals surface area contributed by atoms with Crippen LogP contribution < -0.4 is 0 Å². The van der Waals surface area contributed by atoms with E-state index in [4.69, 9.17) is 9.97 Å². The molecule has 7 aromatic rings. The molecule has 0 spiro atoms. The van der Waals surface area contributed by atoms with E-state index in [9.17, 15) is 10.5 Å². The maximum Gasteiger partial charge on any atom is 0.235 e. The van der Waals surface area contributed by atoms with Crippen molar-refractivity contribution >= 4 is 21.8 Å². The predicted molar refractivity (Wildman–Crippen MR) is 162 cm³/mol. The molecule has 7 rings (SSSR count). The van der Waals surface area contributed by atoms with Gasteiger partial charge in [0.1, 0.15) is 0 Å². The van der Waals surface area contributed by atoms with Crippen molar-refractivity contribution in [3.05, 3.63) is 139 Å². The standard InChI is InChI=1S/C36H21N5/c37-22-27-14-9-15-28(23-38)35(27)26-18-19-34-30(20-26)29-16-7-8-17-33(29)41(34)36-39-31(24-10-3-1-4-11-24)21-32(40-36)25-12-5-2-6-13-25/h1-21H. The Bertz CT molecular complexity index is 2070. The molecule has 0 atom stereocenters. The quantitative estimate of drug-likeness (QED) is 0.232. The average Bonchev–Trinajstić information content (AvgIpc) is 3.38. The van der Waals surface area contributed by atoms with Gasteiger partial charge in [0.15, 0.2) is 0 Å². The second kappa shape index (κ2) is 9.93.